The zero-order valence-electron chi connectivity index (χ0n) is 38.5. The van der Waals surface area contributed by atoms with Crippen LogP contribution >= 0.6 is 22.9 Å². The zero-order chi connectivity index (χ0) is 45.0. The van der Waals surface area contributed by atoms with Crippen LogP contribution in [0.15, 0.2) is 156 Å². The van der Waals surface area contributed by atoms with Gasteiger partial charge in [0.25, 0.3) is 6.71 Å². The molecule has 13 rings (SSSR count). The Morgan fingerprint density at radius 1 is 0.545 bits per heavy atom. The van der Waals surface area contributed by atoms with Crippen molar-refractivity contribution in [1.82, 2.24) is 0 Å². The molecule has 0 bridgehead atoms. The van der Waals surface area contributed by atoms with Crippen molar-refractivity contribution in [3.63, 3.8) is 0 Å². The van der Waals surface area contributed by atoms with Crippen LogP contribution in [0.1, 0.15) is 78.0 Å². The first-order valence-corrected chi connectivity index (χ1v) is 24.6. The van der Waals surface area contributed by atoms with Gasteiger partial charge in [0.1, 0.15) is 5.58 Å². The Hall–Kier alpha value is -6.27. The largest absolute Gasteiger partial charge is 0.454 e. The van der Waals surface area contributed by atoms with E-state index >= 15 is 0 Å². The molecule has 0 fully saturated rings. The third-order valence-corrected chi connectivity index (χ3v) is 16.7. The molecule has 6 heteroatoms. The Balaban J connectivity index is 1.19. The van der Waals surface area contributed by atoms with Crippen LogP contribution in [0.5, 0.6) is 0 Å². The number of thiophene rings is 1. The fourth-order valence-corrected chi connectivity index (χ4v) is 13.1. The molecule has 2 aromatic heterocycles. The normalized spacial score (nSPS) is 15.9. The van der Waals surface area contributed by atoms with E-state index in [0.717, 1.165) is 57.5 Å². The number of para-hydroxylation sites is 2. The summed E-state index contributed by atoms with van der Waals surface area (Å²) in [4.78, 5) is 5.05. The predicted octanol–water partition coefficient (Wildman–Crippen LogP) is 16.0. The number of fused-ring (bicyclic) bond motifs is 11. The van der Waals surface area contributed by atoms with E-state index in [1.54, 1.807) is 0 Å². The van der Waals surface area contributed by atoms with Crippen LogP contribution in [-0.4, -0.2) is 6.71 Å². The molecule has 0 spiro atoms. The highest BCUT2D eigenvalue weighted by Gasteiger charge is 2.47. The fraction of sp³-hybridized carbons (Fsp3) is 0.200. The number of rotatable bonds is 3. The van der Waals surface area contributed by atoms with Crippen molar-refractivity contribution in [3.8, 4) is 11.1 Å². The van der Waals surface area contributed by atoms with E-state index in [0.29, 0.717) is 5.02 Å². The van der Waals surface area contributed by atoms with Crippen LogP contribution in [0.25, 0.3) is 53.2 Å². The smallest absolute Gasteiger partial charge is 0.252 e. The quantitative estimate of drug-likeness (QED) is 0.165. The second kappa shape index (κ2) is 13.9. The molecule has 4 heterocycles. The minimum Gasteiger partial charge on any atom is -0.454 e. The average molecular weight is 893 g/mol. The lowest BCUT2D eigenvalue weighted by Gasteiger charge is -2.47. The van der Waals surface area contributed by atoms with Crippen LogP contribution in [0, 0.1) is 0 Å². The van der Waals surface area contributed by atoms with Crippen molar-refractivity contribution >= 4 is 122 Å². The van der Waals surface area contributed by atoms with Crippen molar-refractivity contribution in [1.29, 1.82) is 0 Å². The van der Waals surface area contributed by atoms with Gasteiger partial charge in [-0.3, -0.25) is 0 Å². The van der Waals surface area contributed by atoms with Gasteiger partial charge < -0.3 is 14.2 Å². The maximum Gasteiger partial charge on any atom is 0.252 e. The van der Waals surface area contributed by atoms with Gasteiger partial charge in [0.05, 0.1) is 11.4 Å². The number of hydrogen-bond acceptors (Lipinski definition) is 4. The Kier molecular flexibility index (Phi) is 8.43. The molecule has 3 aliphatic rings. The highest BCUT2D eigenvalue weighted by Crippen LogP contribution is 2.53. The van der Waals surface area contributed by atoms with Crippen molar-refractivity contribution in [2.75, 3.05) is 9.80 Å². The summed E-state index contributed by atoms with van der Waals surface area (Å²) < 4.78 is 9.53. The molecule has 3 nitrogen and oxygen atoms in total. The van der Waals surface area contributed by atoms with Gasteiger partial charge in [-0.2, -0.15) is 0 Å². The number of halogens is 1. The Bertz CT molecular complexity index is 3690. The fourth-order valence-electron chi connectivity index (χ4n) is 11.7. The second-order valence-corrected chi connectivity index (χ2v) is 22.8. The third-order valence-electron chi connectivity index (χ3n) is 15.3. The van der Waals surface area contributed by atoms with E-state index in [4.69, 9.17) is 16.0 Å². The minimum atomic E-state index is -0.0746. The summed E-state index contributed by atoms with van der Waals surface area (Å²) in [6.45, 7) is 16.6. The topological polar surface area (TPSA) is 19.6 Å². The molecule has 0 saturated carbocycles. The average Bonchev–Trinajstić information content (AvgIpc) is 3.87. The van der Waals surface area contributed by atoms with Gasteiger partial charge in [0.15, 0.2) is 5.58 Å². The number of benzene rings is 8. The molecule has 10 aromatic rings. The van der Waals surface area contributed by atoms with Gasteiger partial charge in [-0.05, 0) is 128 Å². The maximum atomic E-state index is 7.60. The van der Waals surface area contributed by atoms with Crippen LogP contribution in [0.2, 0.25) is 5.02 Å². The van der Waals surface area contributed by atoms with E-state index in [-0.39, 0.29) is 23.0 Å². The van der Waals surface area contributed by atoms with E-state index in [1.165, 1.54) is 75.8 Å². The van der Waals surface area contributed by atoms with Gasteiger partial charge in [0.2, 0.25) is 0 Å². The lowest BCUT2D eigenvalue weighted by molar-refractivity contribution is 0.332. The van der Waals surface area contributed by atoms with E-state index in [1.807, 2.05) is 11.3 Å². The number of anilines is 6. The monoisotopic (exact) mass is 892 g/mol. The molecule has 322 valence electrons. The lowest BCUT2D eigenvalue weighted by atomic mass is 9.33. The Morgan fingerprint density at radius 3 is 1.94 bits per heavy atom. The highest BCUT2D eigenvalue weighted by molar-refractivity contribution is 7.26. The number of hydrogen-bond donors (Lipinski definition) is 0. The van der Waals surface area contributed by atoms with Gasteiger partial charge in [-0.25, -0.2) is 0 Å². The molecule has 0 radical (unpaired) electrons. The van der Waals surface area contributed by atoms with E-state index in [2.05, 4.69) is 210 Å². The molecular formula is C60H50BClN2OS. The summed E-state index contributed by atoms with van der Waals surface area (Å²) in [5, 5.41) is 5.48. The standard InChI is InChI=1S/C60H50BClN2OS/c1-58(2,3)36-24-25-47(41(28-36)35-16-9-8-10-17-35)63-49-31-42-39-19-12-14-23-54(39)66-55(42)34-46(49)61-45-32-43-44(60(6,7)27-26-59(43,4)5)33-50(45)64(52-30-37(62)29-51(63)56(52)61)48-21-15-20-40-38-18-11-13-22-53(38)65-57(40)48/h8-25,28-34H,26-27H2,1-7H3. The SMILES string of the molecule is CC(C)(C)c1ccc(N2c3cc4c(cc3B3c5cc6c(cc5N(c5cccc7c5oc5ccccc57)c5cc(Cl)cc2c53)C(C)(C)CCC6(C)C)sc2ccccc24)c(-c2ccccc2)c1. The number of nitrogens with zero attached hydrogens (tertiary/aromatic N) is 2. The van der Waals surface area contributed by atoms with Gasteiger partial charge in [0, 0.05) is 64.3 Å². The molecule has 0 atom stereocenters. The molecule has 2 aliphatic heterocycles. The first kappa shape index (κ1) is 40.0. The summed E-state index contributed by atoms with van der Waals surface area (Å²) >= 11 is 9.49. The van der Waals surface area contributed by atoms with Gasteiger partial charge in [-0.15, -0.1) is 11.3 Å². The Morgan fingerprint density at radius 2 is 1.18 bits per heavy atom. The second-order valence-electron chi connectivity index (χ2n) is 21.3. The molecule has 0 unspecified atom stereocenters. The summed E-state index contributed by atoms with van der Waals surface area (Å²) in [5.41, 5.74) is 18.8. The first-order valence-electron chi connectivity index (χ1n) is 23.4. The van der Waals surface area contributed by atoms with E-state index in [9.17, 15) is 0 Å². The van der Waals surface area contributed by atoms with Crippen LogP contribution in [-0.2, 0) is 16.2 Å². The van der Waals surface area contributed by atoms with E-state index < -0.39 is 0 Å². The zero-order valence-corrected chi connectivity index (χ0v) is 40.1. The van der Waals surface area contributed by atoms with Gasteiger partial charge >= 0.3 is 0 Å². The molecule has 8 aromatic carbocycles. The molecule has 66 heavy (non-hydrogen) atoms. The maximum absolute atomic E-state index is 7.60. The summed E-state index contributed by atoms with van der Waals surface area (Å²) in [5.74, 6) is 0. The molecule has 0 N–H and O–H groups in total. The molecular weight excluding hydrogens is 843 g/mol. The Labute approximate surface area is 396 Å². The van der Waals surface area contributed by atoms with Crippen molar-refractivity contribution in [2.45, 2.75) is 77.6 Å². The summed E-state index contributed by atoms with van der Waals surface area (Å²) in [6.07, 6.45) is 2.26. The van der Waals surface area contributed by atoms with Crippen LogP contribution in [0.4, 0.5) is 34.1 Å². The molecule has 0 saturated heterocycles. The predicted molar refractivity (Wildman–Crippen MR) is 285 cm³/mol. The van der Waals surface area contributed by atoms with Crippen LogP contribution in [0.3, 0.4) is 0 Å². The summed E-state index contributed by atoms with van der Waals surface area (Å²) in [6, 6.07) is 56.6. The highest BCUT2D eigenvalue weighted by atomic mass is 35.5. The number of furan rings is 1. The third kappa shape index (κ3) is 5.75. The lowest BCUT2D eigenvalue weighted by Crippen LogP contribution is -2.61. The van der Waals surface area contributed by atoms with Crippen molar-refractivity contribution in [2.24, 2.45) is 0 Å². The van der Waals surface area contributed by atoms with Crippen molar-refractivity contribution < 1.29 is 4.42 Å². The summed E-state index contributed by atoms with van der Waals surface area (Å²) in [7, 11) is 0. The molecule has 1 aliphatic carbocycles. The van der Waals surface area contributed by atoms with Gasteiger partial charge in [-0.1, -0.05) is 151 Å². The van der Waals surface area contributed by atoms with Crippen LogP contribution < -0.4 is 26.2 Å². The van der Waals surface area contributed by atoms with Crippen molar-refractivity contribution in [3.05, 3.63) is 173 Å². The molecule has 0 amide bonds. The first-order chi connectivity index (χ1) is 31.7. The minimum absolute atomic E-state index is 0.00488.